The van der Waals surface area contributed by atoms with E-state index in [-0.39, 0.29) is 11.6 Å². The predicted molar refractivity (Wildman–Crippen MR) is 80.9 cm³/mol. The Morgan fingerprint density at radius 2 is 1.70 bits per heavy atom. The fourth-order valence-electron chi connectivity index (χ4n) is 2.18. The van der Waals surface area contributed by atoms with Gasteiger partial charge in [0.05, 0.1) is 7.11 Å². The van der Waals surface area contributed by atoms with Crippen LogP contribution in [0.4, 0.5) is 10.1 Å². The number of anilines is 1. The van der Waals surface area contributed by atoms with Crippen molar-refractivity contribution in [3.63, 3.8) is 0 Å². The summed E-state index contributed by atoms with van der Waals surface area (Å²) in [5.41, 5.74) is 5.94. The van der Waals surface area contributed by atoms with Gasteiger partial charge >= 0.3 is 0 Å². The summed E-state index contributed by atoms with van der Waals surface area (Å²) in [6.45, 7) is 7.04. The zero-order valence-electron chi connectivity index (χ0n) is 12.4. The van der Waals surface area contributed by atoms with Crippen molar-refractivity contribution >= 4 is 5.69 Å². The van der Waals surface area contributed by atoms with Crippen LogP contribution in [0, 0.1) is 26.6 Å². The van der Waals surface area contributed by atoms with Gasteiger partial charge in [0.1, 0.15) is 0 Å². The zero-order chi connectivity index (χ0) is 14.7. The van der Waals surface area contributed by atoms with Gasteiger partial charge < -0.3 is 10.1 Å². The van der Waals surface area contributed by atoms with Gasteiger partial charge in [0.25, 0.3) is 0 Å². The van der Waals surface area contributed by atoms with Crippen LogP contribution in [-0.4, -0.2) is 7.11 Å². The Balaban J connectivity index is 2.14. The topological polar surface area (TPSA) is 21.3 Å². The van der Waals surface area contributed by atoms with Gasteiger partial charge in [-0.1, -0.05) is 12.1 Å². The number of hydrogen-bond acceptors (Lipinski definition) is 2. The molecule has 0 saturated heterocycles. The van der Waals surface area contributed by atoms with Gasteiger partial charge in [-0.05, 0) is 55.2 Å². The second-order valence-electron chi connectivity index (χ2n) is 5.07. The van der Waals surface area contributed by atoms with Gasteiger partial charge in [-0.2, -0.15) is 0 Å². The third kappa shape index (κ3) is 3.10. The lowest BCUT2D eigenvalue weighted by atomic mass is 10.0. The summed E-state index contributed by atoms with van der Waals surface area (Å²) in [7, 11) is 1.47. The molecule has 0 fully saturated rings. The molecule has 106 valence electrons. The average molecular weight is 273 g/mol. The second-order valence-corrected chi connectivity index (χ2v) is 5.07. The van der Waals surface area contributed by atoms with Crippen LogP contribution in [-0.2, 0) is 6.54 Å². The standard InChI is InChI=1S/C17H20FNO/c1-11-7-13(3)14(8-12(11)2)10-19-15-5-6-16(18)17(9-15)20-4/h5-9,19H,10H2,1-4H3. The lowest BCUT2D eigenvalue weighted by molar-refractivity contribution is 0.387. The van der Waals surface area contributed by atoms with E-state index in [4.69, 9.17) is 4.74 Å². The molecule has 0 spiro atoms. The molecule has 0 unspecified atom stereocenters. The van der Waals surface area contributed by atoms with Crippen LogP contribution in [0.1, 0.15) is 22.3 Å². The van der Waals surface area contributed by atoms with Crippen molar-refractivity contribution in [3.8, 4) is 5.75 Å². The molecule has 20 heavy (non-hydrogen) atoms. The summed E-state index contributed by atoms with van der Waals surface area (Å²) in [6, 6.07) is 9.18. The monoisotopic (exact) mass is 273 g/mol. The van der Waals surface area contributed by atoms with Crippen molar-refractivity contribution in [3.05, 3.63) is 58.4 Å². The number of halogens is 1. The van der Waals surface area contributed by atoms with Gasteiger partial charge in [-0.15, -0.1) is 0 Å². The van der Waals surface area contributed by atoms with Gasteiger partial charge in [0.15, 0.2) is 11.6 Å². The predicted octanol–water partition coefficient (Wildman–Crippen LogP) is 4.37. The average Bonchev–Trinajstić information content (AvgIpc) is 2.43. The van der Waals surface area contributed by atoms with Gasteiger partial charge in [-0.3, -0.25) is 0 Å². The van der Waals surface area contributed by atoms with Crippen LogP contribution in [0.3, 0.4) is 0 Å². The zero-order valence-corrected chi connectivity index (χ0v) is 12.4. The molecule has 0 bridgehead atoms. The SMILES string of the molecule is COc1cc(NCc2cc(C)c(C)cc2C)ccc1F. The maximum atomic E-state index is 13.3. The largest absolute Gasteiger partial charge is 0.494 e. The van der Waals surface area contributed by atoms with E-state index < -0.39 is 0 Å². The number of benzene rings is 2. The molecule has 2 aromatic rings. The van der Waals surface area contributed by atoms with Crippen LogP contribution in [0.2, 0.25) is 0 Å². The Hall–Kier alpha value is -2.03. The number of methoxy groups -OCH3 is 1. The van der Waals surface area contributed by atoms with E-state index in [1.54, 1.807) is 12.1 Å². The van der Waals surface area contributed by atoms with E-state index in [9.17, 15) is 4.39 Å². The normalized spacial score (nSPS) is 10.4. The Kier molecular flexibility index (Phi) is 4.28. The Morgan fingerprint density at radius 3 is 2.40 bits per heavy atom. The van der Waals surface area contributed by atoms with Crippen LogP contribution in [0.5, 0.6) is 5.75 Å². The second kappa shape index (κ2) is 5.95. The molecule has 0 aliphatic carbocycles. The van der Waals surface area contributed by atoms with Crippen molar-refractivity contribution in [2.75, 3.05) is 12.4 Å². The molecule has 0 amide bonds. The Morgan fingerprint density at radius 1 is 1.00 bits per heavy atom. The van der Waals surface area contributed by atoms with E-state index in [1.165, 1.54) is 35.4 Å². The molecular formula is C17H20FNO. The minimum absolute atomic E-state index is 0.256. The van der Waals surface area contributed by atoms with Crippen LogP contribution in [0.25, 0.3) is 0 Å². The molecule has 3 heteroatoms. The first-order valence-corrected chi connectivity index (χ1v) is 6.65. The Bertz CT molecular complexity index is 623. The molecule has 1 N–H and O–H groups in total. The highest BCUT2D eigenvalue weighted by Crippen LogP contribution is 2.23. The first kappa shape index (κ1) is 14.4. The molecule has 0 atom stereocenters. The number of hydrogen-bond donors (Lipinski definition) is 1. The number of rotatable bonds is 4. The maximum absolute atomic E-state index is 13.3. The minimum atomic E-state index is -0.347. The summed E-state index contributed by atoms with van der Waals surface area (Å²) in [5, 5.41) is 3.30. The summed E-state index contributed by atoms with van der Waals surface area (Å²) < 4.78 is 18.3. The molecule has 2 aromatic carbocycles. The quantitative estimate of drug-likeness (QED) is 0.893. The van der Waals surface area contributed by atoms with E-state index >= 15 is 0 Å². The molecule has 0 heterocycles. The van der Waals surface area contributed by atoms with Gasteiger partial charge in [0, 0.05) is 18.3 Å². The fraction of sp³-hybridized carbons (Fsp3) is 0.294. The third-order valence-corrected chi connectivity index (χ3v) is 3.59. The summed E-state index contributed by atoms with van der Waals surface area (Å²) in [6.07, 6.45) is 0. The van der Waals surface area contributed by atoms with Crippen LogP contribution in [0.15, 0.2) is 30.3 Å². The molecule has 0 aliphatic rings. The summed E-state index contributed by atoms with van der Waals surface area (Å²) >= 11 is 0. The van der Waals surface area contributed by atoms with E-state index in [0.717, 1.165) is 5.69 Å². The van der Waals surface area contributed by atoms with Gasteiger partial charge in [0.2, 0.25) is 0 Å². The molecule has 2 nitrogen and oxygen atoms in total. The highest BCUT2D eigenvalue weighted by Gasteiger charge is 2.05. The lowest BCUT2D eigenvalue weighted by Crippen LogP contribution is -2.03. The van der Waals surface area contributed by atoms with Crippen LogP contribution >= 0.6 is 0 Å². The first-order valence-electron chi connectivity index (χ1n) is 6.65. The highest BCUT2D eigenvalue weighted by atomic mass is 19.1. The van der Waals surface area contributed by atoms with Crippen molar-refractivity contribution in [2.45, 2.75) is 27.3 Å². The number of nitrogens with one attached hydrogen (secondary N) is 1. The van der Waals surface area contributed by atoms with Crippen LogP contribution < -0.4 is 10.1 Å². The van der Waals surface area contributed by atoms with E-state index in [2.05, 4.69) is 38.2 Å². The molecule has 0 radical (unpaired) electrons. The summed E-state index contributed by atoms with van der Waals surface area (Å²) in [4.78, 5) is 0. The van der Waals surface area contributed by atoms with E-state index in [1.807, 2.05) is 0 Å². The molecule has 2 rings (SSSR count). The molecule has 0 aromatic heterocycles. The third-order valence-electron chi connectivity index (χ3n) is 3.59. The Labute approximate surface area is 119 Å². The summed E-state index contributed by atoms with van der Waals surface area (Å²) in [5.74, 6) is -0.0905. The maximum Gasteiger partial charge on any atom is 0.165 e. The smallest absolute Gasteiger partial charge is 0.165 e. The number of aryl methyl sites for hydroxylation is 3. The van der Waals surface area contributed by atoms with Crippen molar-refractivity contribution in [1.82, 2.24) is 0 Å². The molecular weight excluding hydrogens is 253 g/mol. The highest BCUT2D eigenvalue weighted by molar-refractivity contribution is 5.50. The number of ether oxygens (including phenoxy) is 1. The molecule has 0 saturated carbocycles. The van der Waals surface area contributed by atoms with Crippen molar-refractivity contribution in [1.29, 1.82) is 0 Å². The van der Waals surface area contributed by atoms with Crippen molar-refractivity contribution < 1.29 is 9.13 Å². The first-order chi connectivity index (χ1) is 9.51. The minimum Gasteiger partial charge on any atom is -0.494 e. The lowest BCUT2D eigenvalue weighted by Gasteiger charge is -2.12. The van der Waals surface area contributed by atoms with Gasteiger partial charge in [-0.25, -0.2) is 4.39 Å². The molecule has 0 aliphatic heterocycles. The fourth-order valence-corrected chi connectivity index (χ4v) is 2.18. The van der Waals surface area contributed by atoms with E-state index in [0.29, 0.717) is 6.54 Å². The van der Waals surface area contributed by atoms with Crippen molar-refractivity contribution in [2.24, 2.45) is 0 Å².